The minimum atomic E-state index is -4.64. The highest BCUT2D eigenvalue weighted by molar-refractivity contribution is 5.92. The van der Waals surface area contributed by atoms with Gasteiger partial charge in [0.25, 0.3) is 0 Å². The Bertz CT molecular complexity index is 924. The number of aryl methyl sites for hydroxylation is 2. The topological polar surface area (TPSA) is 41.9 Å². The number of benzene rings is 2. The van der Waals surface area contributed by atoms with E-state index in [1.165, 1.54) is 0 Å². The molecule has 0 radical (unpaired) electrons. The van der Waals surface area contributed by atoms with Gasteiger partial charge in [0.1, 0.15) is 12.4 Å². The van der Waals surface area contributed by atoms with Crippen LogP contribution in [0.15, 0.2) is 35.3 Å². The number of alkyl halides is 3. The third-order valence-corrected chi connectivity index (χ3v) is 4.39. The zero-order valence-corrected chi connectivity index (χ0v) is 16.6. The predicted octanol–water partition coefficient (Wildman–Crippen LogP) is 5.43. The van der Waals surface area contributed by atoms with E-state index < -0.39 is 30.1 Å². The largest absolute Gasteiger partial charge is 0.457 e. The summed E-state index contributed by atoms with van der Waals surface area (Å²) in [5.74, 6) is -1.77. The number of esters is 1. The molecular formula is C21H22F4N2O2. The van der Waals surface area contributed by atoms with Crippen molar-refractivity contribution >= 4 is 18.0 Å². The van der Waals surface area contributed by atoms with E-state index in [1.807, 2.05) is 18.9 Å². The molecule has 0 amide bonds. The Morgan fingerprint density at radius 1 is 1.17 bits per heavy atom. The molecule has 4 nitrogen and oxygen atoms in total. The van der Waals surface area contributed by atoms with Crippen LogP contribution in [0, 0.1) is 19.7 Å². The molecule has 0 unspecified atom stereocenters. The second kappa shape index (κ2) is 9.07. The zero-order chi connectivity index (χ0) is 21.8. The first kappa shape index (κ1) is 22.4. The van der Waals surface area contributed by atoms with Crippen LogP contribution in [-0.4, -0.2) is 30.8 Å². The van der Waals surface area contributed by atoms with Crippen LogP contribution in [0.5, 0.6) is 0 Å². The smallest absolute Gasteiger partial charge is 0.416 e. The second-order valence-electron chi connectivity index (χ2n) is 6.65. The van der Waals surface area contributed by atoms with Crippen molar-refractivity contribution < 1.29 is 27.1 Å². The second-order valence-corrected chi connectivity index (χ2v) is 6.65. The van der Waals surface area contributed by atoms with Gasteiger partial charge in [0.15, 0.2) is 0 Å². The molecule has 8 heteroatoms. The van der Waals surface area contributed by atoms with Crippen molar-refractivity contribution in [1.29, 1.82) is 0 Å². The van der Waals surface area contributed by atoms with Gasteiger partial charge < -0.3 is 9.64 Å². The summed E-state index contributed by atoms with van der Waals surface area (Å²) in [6.07, 6.45) is -2.95. The molecule has 0 saturated heterocycles. The van der Waals surface area contributed by atoms with Crippen molar-refractivity contribution in [3.05, 3.63) is 64.0 Å². The molecule has 2 aromatic carbocycles. The van der Waals surface area contributed by atoms with E-state index in [9.17, 15) is 22.4 Å². The monoisotopic (exact) mass is 410 g/mol. The third-order valence-electron chi connectivity index (χ3n) is 4.39. The molecule has 156 valence electrons. The highest BCUT2D eigenvalue weighted by atomic mass is 19.4. The summed E-state index contributed by atoms with van der Waals surface area (Å²) in [5, 5.41) is 0. The highest BCUT2D eigenvalue weighted by Crippen LogP contribution is 2.30. The van der Waals surface area contributed by atoms with Crippen LogP contribution in [-0.2, 0) is 17.5 Å². The van der Waals surface area contributed by atoms with Crippen molar-refractivity contribution in [2.75, 3.05) is 13.6 Å². The van der Waals surface area contributed by atoms with Crippen LogP contribution < -0.4 is 0 Å². The Kier molecular flexibility index (Phi) is 7.00. The molecule has 0 spiro atoms. The zero-order valence-electron chi connectivity index (χ0n) is 16.6. The van der Waals surface area contributed by atoms with Gasteiger partial charge in [-0.1, -0.05) is 6.07 Å². The van der Waals surface area contributed by atoms with Gasteiger partial charge in [-0.05, 0) is 56.2 Å². The normalized spacial score (nSPS) is 11.7. The van der Waals surface area contributed by atoms with Crippen LogP contribution in [0.1, 0.15) is 39.5 Å². The highest BCUT2D eigenvalue weighted by Gasteiger charge is 2.31. The number of carbonyl (C=O) groups excluding carboxylic acids is 1. The average Bonchev–Trinajstić information content (AvgIpc) is 2.65. The SMILES string of the molecule is CCN(C)C=Nc1cc(C)c(C(=O)OCc2ccc(C(F)(F)F)cc2F)cc1C. The van der Waals surface area contributed by atoms with Gasteiger partial charge in [-0.15, -0.1) is 0 Å². The molecule has 0 fully saturated rings. The molecule has 29 heavy (non-hydrogen) atoms. The fourth-order valence-electron chi connectivity index (χ4n) is 2.46. The number of halogens is 4. The summed E-state index contributed by atoms with van der Waals surface area (Å²) in [4.78, 5) is 18.7. The number of carbonyl (C=O) groups is 1. The van der Waals surface area contributed by atoms with E-state index in [2.05, 4.69) is 4.99 Å². The number of rotatable bonds is 6. The lowest BCUT2D eigenvalue weighted by atomic mass is 10.0. The van der Waals surface area contributed by atoms with Crippen molar-refractivity contribution in [3.8, 4) is 0 Å². The molecular weight excluding hydrogens is 388 g/mol. The molecule has 0 aliphatic carbocycles. The summed E-state index contributed by atoms with van der Waals surface area (Å²) in [6.45, 7) is 5.83. The fraction of sp³-hybridized carbons (Fsp3) is 0.333. The third kappa shape index (κ3) is 5.79. The van der Waals surface area contributed by atoms with Crippen LogP contribution in [0.2, 0.25) is 0 Å². The van der Waals surface area contributed by atoms with Crippen LogP contribution >= 0.6 is 0 Å². The maximum Gasteiger partial charge on any atom is 0.416 e. The van der Waals surface area contributed by atoms with E-state index in [4.69, 9.17) is 4.74 Å². The summed E-state index contributed by atoms with van der Waals surface area (Å²) in [5.41, 5.74) is 1.14. The minimum absolute atomic E-state index is 0.135. The van der Waals surface area contributed by atoms with Crippen molar-refractivity contribution in [2.45, 2.75) is 33.6 Å². The number of nitrogens with zero attached hydrogens (tertiary/aromatic N) is 2. The van der Waals surface area contributed by atoms with Gasteiger partial charge in [0, 0.05) is 19.2 Å². The summed E-state index contributed by atoms with van der Waals surface area (Å²) < 4.78 is 56.8. The Labute approximate surface area is 166 Å². The van der Waals surface area contributed by atoms with Gasteiger partial charge in [-0.3, -0.25) is 0 Å². The maximum absolute atomic E-state index is 13.9. The minimum Gasteiger partial charge on any atom is -0.457 e. The molecule has 2 rings (SSSR count). The summed E-state index contributed by atoms with van der Waals surface area (Å²) in [7, 11) is 1.89. The molecule has 2 aromatic rings. The van der Waals surface area contributed by atoms with Crippen LogP contribution in [0.4, 0.5) is 23.2 Å². The fourth-order valence-corrected chi connectivity index (χ4v) is 2.46. The molecule has 0 aliphatic heterocycles. The van der Waals surface area contributed by atoms with E-state index in [1.54, 1.807) is 32.3 Å². The van der Waals surface area contributed by atoms with Crippen molar-refractivity contribution in [2.24, 2.45) is 4.99 Å². The van der Waals surface area contributed by atoms with Crippen molar-refractivity contribution in [1.82, 2.24) is 4.90 Å². The van der Waals surface area contributed by atoms with E-state index >= 15 is 0 Å². The maximum atomic E-state index is 13.9. The van der Waals surface area contributed by atoms with Gasteiger partial charge >= 0.3 is 12.1 Å². The van der Waals surface area contributed by atoms with Gasteiger partial charge in [-0.2, -0.15) is 13.2 Å². The van der Waals surface area contributed by atoms with E-state index in [0.717, 1.165) is 24.2 Å². The Morgan fingerprint density at radius 2 is 1.86 bits per heavy atom. The van der Waals surface area contributed by atoms with Gasteiger partial charge in [0.05, 0.1) is 23.2 Å². The van der Waals surface area contributed by atoms with Crippen molar-refractivity contribution in [3.63, 3.8) is 0 Å². The first-order chi connectivity index (χ1) is 13.5. The Morgan fingerprint density at radius 3 is 2.45 bits per heavy atom. The Hall–Kier alpha value is -2.90. The molecule has 0 aliphatic rings. The number of ether oxygens (including phenoxy) is 1. The van der Waals surface area contributed by atoms with Crippen LogP contribution in [0.3, 0.4) is 0 Å². The number of hydrogen-bond donors (Lipinski definition) is 0. The summed E-state index contributed by atoms with van der Waals surface area (Å²) >= 11 is 0. The molecule has 0 N–H and O–H groups in total. The molecule has 0 saturated carbocycles. The first-order valence-electron chi connectivity index (χ1n) is 8.91. The number of hydrogen-bond acceptors (Lipinski definition) is 3. The van der Waals surface area contributed by atoms with E-state index in [0.29, 0.717) is 17.3 Å². The average molecular weight is 410 g/mol. The Balaban J connectivity index is 2.13. The predicted molar refractivity (Wildman–Crippen MR) is 103 cm³/mol. The molecule has 0 aromatic heterocycles. The van der Waals surface area contributed by atoms with Gasteiger partial charge in [0.2, 0.25) is 0 Å². The lowest BCUT2D eigenvalue weighted by molar-refractivity contribution is -0.137. The summed E-state index contributed by atoms with van der Waals surface area (Å²) in [6, 6.07) is 5.47. The van der Waals surface area contributed by atoms with Crippen LogP contribution in [0.25, 0.3) is 0 Å². The molecule has 0 bridgehead atoms. The molecule has 0 heterocycles. The van der Waals surface area contributed by atoms with Gasteiger partial charge in [-0.25, -0.2) is 14.2 Å². The lowest BCUT2D eigenvalue weighted by Gasteiger charge is -2.12. The number of aliphatic imine (C=N–C) groups is 1. The standard InChI is InChI=1S/C21H22F4N2O2/c1-5-27(4)12-26-19-9-13(2)17(8-14(19)3)20(28)29-11-15-6-7-16(10-18(15)22)21(23,24)25/h6-10,12H,5,11H2,1-4H3. The first-order valence-corrected chi connectivity index (χ1v) is 8.91. The van der Waals surface area contributed by atoms with E-state index in [-0.39, 0.29) is 11.1 Å². The molecule has 0 atom stereocenters. The quantitative estimate of drug-likeness (QED) is 0.276. The lowest BCUT2D eigenvalue weighted by Crippen LogP contribution is -2.14.